The second kappa shape index (κ2) is 4.63. The van der Waals surface area contributed by atoms with E-state index in [0.717, 1.165) is 9.56 Å². The number of non-ortho nitro benzene ring substituents is 1. The number of nitrogens with zero attached hydrogens (tertiary/aromatic N) is 1. The van der Waals surface area contributed by atoms with Gasteiger partial charge in [0.1, 0.15) is 0 Å². The van der Waals surface area contributed by atoms with E-state index in [1.54, 1.807) is 12.1 Å². The van der Waals surface area contributed by atoms with Crippen molar-refractivity contribution in [3.05, 3.63) is 34.4 Å². The maximum atomic E-state index is 10.3. The minimum absolute atomic E-state index is 0.124. The Hall–Kier alpha value is -0.532. The Morgan fingerprint density at radius 1 is 1.46 bits per heavy atom. The van der Waals surface area contributed by atoms with Crippen molar-refractivity contribution >= 4 is 33.7 Å². The zero-order chi connectivity index (χ0) is 9.84. The van der Waals surface area contributed by atoms with Crippen molar-refractivity contribution in [2.75, 3.05) is 0 Å². The monoisotopic (exact) mass is 261 g/mol. The Balaban J connectivity index is 2.87. The van der Waals surface area contributed by atoms with Gasteiger partial charge in [-0.2, -0.15) is 0 Å². The van der Waals surface area contributed by atoms with E-state index in [1.807, 2.05) is 6.92 Å². The molecule has 0 bridgehead atoms. The summed E-state index contributed by atoms with van der Waals surface area (Å²) < 4.78 is 1.07. The normalized spacial score (nSPS) is 12.5. The van der Waals surface area contributed by atoms with Crippen LogP contribution in [-0.4, -0.2) is 18.6 Å². The fourth-order valence-electron chi connectivity index (χ4n) is 0.919. The maximum absolute atomic E-state index is 10.3. The van der Waals surface area contributed by atoms with Crippen LogP contribution in [0.2, 0.25) is 5.21 Å². The van der Waals surface area contributed by atoms with Crippen LogP contribution < -0.4 is 4.35 Å². The molecule has 3 nitrogen and oxygen atoms in total. The molecule has 0 spiro atoms. The first kappa shape index (κ1) is 10.5. The molecular weight excluding hydrogens is 252 g/mol. The molecule has 0 aliphatic rings. The van der Waals surface area contributed by atoms with Crippen LogP contribution in [0.1, 0.15) is 6.92 Å². The van der Waals surface area contributed by atoms with Crippen LogP contribution in [0.4, 0.5) is 5.69 Å². The first-order valence-corrected chi connectivity index (χ1v) is 8.56. The molecule has 0 amide bonds. The Labute approximate surface area is 85.3 Å². The fraction of sp³-hybridized carbons (Fsp3) is 0.250. The number of nitro benzene ring substituents is 1. The van der Waals surface area contributed by atoms with Crippen LogP contribution in [0.25, 0.3) is 0 Å². The van der Waals surface area contributed by atoms with Gasteiger partial charge < -0.3 is 0 Å². The molecule has 0 heterocycles. The van der Waals surface area contributed by atoms with Gasteiger partial charge in [0.2, 0.25) is 0 Å². The molecule has 0 N–H and O–H groups in total. The Bertz CT molecular complexity index is 302. The third-order valence-electron chi connectivity index (χ3n) is 1.62. The third kappa shape index (κ3) is 2.71. The Kier molecular flexibility index (Phi) is 3.76. The SMILES string of the molecule is CC[As](Cl)c1ccc([N+](=O)[O-])cc1. The molecule has 1 aromatic rings. The van der Waals surface area contributed by atoms with Crippen LogP contribution in [0, 0.1) is 10.1 Å². The van der Waals surface area contributed by atoms with Gasteiger partial charge in [0, 0.05) is 0 Å². The topological polar surface area (TPSA) is 43.1 Å². The van der Waals surface area contributed by atoms with E-state index >= 15 is 0 Å². The van der Waals surface area contributed by atoms with E-state index in [1.165, 1.54) is 12.1 Å². The Morgan fingerprint density at radius 2 is 2.00 bits per heavy atom. The summed E-state index contributed by atoms with van der Waals surface area (Å²) in [5.41, 5.74) is 0.124. The average Bonchev–Trinajstić information content (AvgIpc) is 2.17. The number of rotatable bonds is 3. The molecule has 0 fully saturated rings. The molecule has 0 aliphatic carbocycles. The van der Waals surface area contributed by atoms with Crippen molar-refractivity contribution < 1.29 is 4.92 Å². The third-order valence-corrected chi connectivity index (χ3v) is 6.84. The van der Waals surface area contributed by atoms with E-state index in [9.17, 15) is 10.1 Å². The number of hydrogen-bond acceptors (Lipinski definition) is 2. The number of hydrogen-bond donors (Lipinski definition) is 0. The van der Waals surface area contributed by atoms with Gasteiger partial charge in [-0.1, -0.05) is 0 Å². The molecule has 0 saturated heterocycles. The van der Waals surface area contributed by atoms with Crippen LogP contribution in [0.3, 0.4) is 0 Å². The van der Waals surface area contributed by atoms with Crippen molar-refractivity contribution in [2.24, 2.45) is 0 Å². The molecule has 0 radical (unpaired) electrons. The molecular formula is C8H9AsClNO2. The van der Waals surface area contributed by atoms with Crippen molar-refractivity contribution in [1.82, 2.24) is 0 Å². The van der Waals surface area contributed by atoms with Crippen LogP contribution in [0.5, 0.6) is 0 Å². The Morgan fingerprint density at radius 3 is 2.38 bits per heavy atom. The van der Waals surface area contributed by atoms with Gasteiger partial charge in [-0.3, -0.25) is 0 Å². The summed E-state index contributed by atoms with van der Waals surface area (Å²) in [5, 5.41) is 11.3. The summed E-state index contributed by atoms with van der Waals surface area (Å²) in [6.07, 6.45) is 0. The van der Waals surface area contributed by atoms with Gasteiger partial charge in [-0.05, 0) is 0 Å². The first-order valence-electron chi connectivity index (χ1n) is 3.83. The van der Waals surface area contributed by atoms with E-state index in [2.05, 4.69) is 0 Å². The van der Waals surface area contributed by atoms with Crippen molar-refractivity contribution in [3.63, 3.8) is 0 Å². The van der Waals surface area contributed by atoms with Crippen LogP contribution >= 0.6 is 9.95 Å². The molecule has 5 heteroatoms. The number of benzene rings is 1. The van der Waals surface area contributed by atoms with Gasteiger partial charge in [0.15, 0.2) is 0 Å². The quantitative estimate of drug-likeness (QED) is 0.475. The van der Waals surface area contributed by atoms with Gasteiger partial charge in [0.25, 0.3) is 0 Å². The second-order valence-corrected chi connectivity index (χ2v) is 8.50. The van der Waals surface area contributed by atoms with Crippen molar-refractivity contribution in [2.45, 2.75) is 12.1 Å². The van der Waals surface area contributed by atoms with Crippen molar-refractivity contribution in [3.8, 4) is 0 Å². The molecule has 0 aromatic heterocycles. The molecule has 1 unspecified atom stereocenters. The predicted molar refractivity (Wildman–Crippen MR) is 54.8 cm³/mol. The first-order chi connectivity index (χ1) is 6.15. The van der Waals surface area contributed by atoms with E-state index in [4.69, 9.17) is 9.95 Å². The summed E-state index contributed by atoms with van der Waals surface area (Å²) in [7, 11) is 6.10. The summed E-state index contributed by atoms with van der Waals surface area (Å²) >= 11 is -1.41. The predicted octanol–water partition coefficient (Wildman–Crippen LogP) is 2.05. The van der Waals surface area contributed by atoms with Gasteiger partial charge in [-0.25, -0.2) is 0 Å². The number of halogens is 1. The summed E-state index contributed by atoms with van der Waals surface area (Å²) in [5.74, 6) is 0. The summed E-state index contributed by atoms with van der Waals surface area (Å²) in [6, 6.07) is 6.54. The zero-order valence-corrected chi connectivity index (χ0v) is 9.74. The molecule has 70 valence electrons. The molecule has 0 saturated carbocycles. The van der Waals surface area contributed by atoms with Gasteiger partial charge in [0.05, 0.1) is 0 Å². The average molecular weight is 262 g/mol. The molecule has 1 rings (SSSR count). The van der Waals surface area contributed by atoms with Crippen molar-refractivity contribution in [1.29, 1.82) is 0 Å². The van der Waals surface area contributed by atoms with E-state index < -0.39 is 18.6 Å². The molecule has 0 aliphatic heterocycles. The van der Waals surface area contributed by atoms with E-state index in [-0.39, 0.29) is 5.69 Å². The summed E-state index contributed by atoms with van der Waals surface area (Å²) in [4.78, 5) is 9.93. The molecule has 13 heavy (non-hydrogen) atoms. The van der Waals surface area contributed by atoms with Gasteiger partial charge in [-0.15, -0.1) is 0 Å². The van der Waals surface area contributed by atoms with Crippen LogP contribution in [-0.2, 0) is 0 Å². The molecule has 1 atom stereocenters. The fourth-order valence-corrected chi connectivity index (χ4v) is 3.26. The molecule has 1 aromatic carbocycles. The van der Waals surface area contributed by atoms with Gasteiger partial charge >= 0.3 is 85.1 Å². The summed E-state index contributed by atoms with van der Waals surface area (Å²) in [6.45, 7) is 2.04. The van der Waals surface area contributed by atoms with Crippen LogP contribution in [0.15, 0.2) is 24.3 Å². The minimum atomic E-state index is -1.41. The second-order valence-electron chi connectivity index (χ2n) is 2.45. The standard InChI is InChI=1S/C8H9AsClNO2/c1-2-9(10)7-3-5-8(6-4-7)11(12)13/h3-6H,2H2,1H3. The zero-order valence-electron chi connectivity index (χ0n) is 7.11. The van der Waals surface area contributed by atoms with E-state index in [0.29, 0.717) is 0 Å². The number of nitro groups is 1.